The van der Waals surface area contributed by atoms with Crippen LogP contribution < -0.4 is 0 Å². The van der Waals surface area contributed by atoms with Crippen molar-refractivity contribution < 1.29 is 4.79 Å². The first-order valence-corrected chi connectivity index (χ1v) is 8.26. The van der Waals surface area contributed by atoms with Gasteiger partial charge in [-0.05, 0) is 43.2 Å². The molecule has 0 saturated heterocycles. The number of carbonyl (C=O) groups is 1. The summed E-state index contributed by atoms with van der Waals surface area (Å²) in [5.41, 5.74) is 2.52. The maximum absolute atomic E-state index is 13.0. The van der Waals surface area contributed by atoms with Gasteiger partial charge in [0.15, 0.2) is 5.82 Å². The van der Waals surface area contributed by atoms with E-state index < -0.39 is 0 Å². The van der Waals surface area contributed by atoms with Gasteiger partial charge in [0.2, 0.25) is 0 Å². The molecule has 0 aliphatic carbocycles. The van der Waals surface area contributed by atoms with Crippen molar-refractivity contribution in [2.75, 3.05) is 7.05 Å². The third-order valence-electron chi connectivity index (χ3n) is 4.23. The Morgan fingerprint density at radius 1 is 1.24 bits per heavy atom. The Morgan fingerprint density at radius 3 is 2.64 bits per heavy atom. The predicted octanol–water partition coefficient (Wildman–Crippen LogP) is 3.40. The molecular weight excluding hydrogens is 314 g/mol. The zero-order valence-electron chi connectivity index (χ0n) is 14.6. The Kier molecular flexibility index (Phi) is 4.88. The Hall–Kier alpha value is -3.02. The second-order valence-corrected chi connectivity index (χ2v) is 5.95. The number of benzene rings is 1. The number of hydrogen-bond acceptors (Lipinski definition) is 4. The van der Waals surface area contributed by atoms with Crippen molar-refractivity contribution in [3.05, 3.63) is 65.7 Å². The number of rotatable bonds is 5. The van der Waals surface area contributed by atoms with Gasteiger partial charge in [0.1, 0.15) is 5.82 Å². The SMILES string of the molecule is CCC(c1ccncc1)N(C)C(=O)c1cccc(-c2n[nH]c(C)n2)c1. The Labute approximate surface area is 146 Å². The molecule has 1 N–H and O–H groups in total. The Balaban J connectivity index is 1.87. The topological polar surface area (TPSA) is 74.8 Å². The molecule has 1 amide bonds. The lowest BCUT2D eigenvalue weighted by atomic mass is 10.0. The molecule has 0 spiro atoms. The molecule has 128 valence electrons. The first kappa shape index (κ1) is 16.8. The van der Waals surface area contributed by atoms with E-state index in [9.17, 15) is 4.79 Å². The quantitative estimate of drug-likeness (QED) is 0.775. The monoisotopic (exact) mass is 335 g/mol. The summed E-state index contributed by atoms with van der Waals surface area (Å²) in [6, 6.07) is 11.3. The van der Waals surface area contributed by atoms with Crippen LogP contribution in [0.4, 0.5) is 0 Å². The molecule has 0 radical (unpaired) electrons. The van der Waals surface area contributed by atoms with Gasteiger partial charge in [0.05, 0.1) is 6.04 Å². The van der Waals surface area contributed by atoms with Gasteiger partial charge in [-0.2, -0.15) is 5.10 Å². The van der Waals surface area contributed by atoms with Crippen LogP contribution in [-0.4, -0.2) is 38.0 Å². The second kappa shape index (κ2) is 7.25. The van der Waals surface area contributed by atoms with Crippen molar-refractivity contribution in [2.45, 2.75) is 26.3 Å². The minimum atomic E-state index is -0.0298. The van der Waals surface area contributed by atoms with E-state index in [-0.39, 0.29) is 11.9 Å². The first-order chi connectivity index (χ1) is 12.1. The standard InChI is InChI=1S/C19H21N5O/c1-4-17(14-8-10-20-11-9-14)24(3)19(25)16-7-5-6-15(12-16)18-21-13(2)22-23-18/h5-12,17H,4H2,1-3H3,(H,21,22,23). The summed E-state index contributed by atoms with van der Waals surface area (Å²) in [7, 11) is 1.83. The normalized spacial score (nSPS) is 12.0. The van der Waals surface area contributed by atoms with Gasteiger partial charge in [-0.1, -0.05) is 19.1 Å². The van der Waals surface area contributed by atoms with E-state index >= 15 is 0 Å². The van der Waals surface area contributed by atoms with Gasteiger partial charge < -0.3 is 4.90 Å². The Morgan fingerprint density at radius 2 is 2.00 bits per heavy atom. The summed E-state index contributed by atoms with van der Waals surface area (Å²) < 4.78 is 0. The number of nitrogens with zero attached hydrogens (tertiary/aromatic N) is 4. The maximum atomic E-state index is 13.0. The van der Waals surface area contributed by atoms with Crippen LogP contribution in [0.25, 0.3) is 11.4 Å². The lowest BCUT2D eigenvalue weighted by Gasteiger charge is -2.28. The molecule has 2 aromatic heterocycles. The first-order valence-electron chi connectivity index (χ1n) is 8.26. The van der Waals surface area contributed by atoms with E-state index in [2.05, 4.69) is 27.1 Å². The van der Waals surface area contributed by atoms with Crippen LogP contribution in [0.5, 0.6) is 0 Å². The number of hydrogen-bond donors (Lipinski definition) is 1. The molecule has 1 atom stereocenters. The van der Waals surface area contributed by atoms with Crippen LogP contribution >= 0.6 is 0 Å². The molecule has 0 fully saturated rings. The molecule has 25 heavy (non-hydrogen) atoms. The molecule has 0 bridgehead atoms. The van der Waals surface area contributed by atoms with Crippen LogP contribution in [0.2, 0.25) is 0 Å². The highest BCUT2D eigenvalue weighted by Crippen LogP contribution is 2.25. The van der Waals surface area contributed by atoms with Crippen LogP contribution in [0.1, 0.15) is 41.1 Å². The van der Waals surface area contributed by atoms with Crippen molar-refractivity contribution in [1.29, 1.82) is 0 Å². The zero-order valence-corrected chi connectivity index (χ0v) is 14.6. The zero-order chi connectivity index (χ0) is 17.8. The third kappa shape index (κ3) is 3.57. The van der Waals surface area contributed by atoms with Crippen molar-refractivity contribution in [2.24, 2.45) is 0 Å². The molecule has 2 heterocycles. The van der Waals surface area contributed by atoms with Gasteiger partial charge in [0, 0.05) is 30.6 Å². The van der Waals surface area contributed by atoms with Crippen LogP contribution in [0.3, 0.4) is 0 Å². The molecule has 0 aliphatic rings. The summed E-state index contributed by atoms with van der Waals surface area (Å²) in [6.45, 7) is 3.92. The van der Waals surface area contributed by atoms with Crippen molar-refractivity contribution >= 4 is 5.91 Å². The van der Waals surface area contributed by atoms with E-state index in [1.807, 2.05) is 50.4 Å². The van der Waals surface area contributed by atoms with Gasteiger partial charge in [0.25, 0.3) is 5.91 Å². The average Bonchev–Trinajstić information content (AvgIpc) is 3.09. The summed E-state index contributed by atoms with van der Waals surface area (Å²) in [4.78, 5) is 23.1. The fourth-order valence-corrected chi connectivity index (χ4v) is 2.93. The number of aryl methyl sites for hydroxylation is 1. The molecule has 3 aromatic rings. The number of pyridine rings is 1. The lowest BCUT2D eigenvalue weighted by Crippen LogP contribution is -2.31. The summed E-state index contributed by atoms with van der Waals surface area (Å²) in [5.74, 6) is 1.31. The van der Waals surface area contributed by atoms with Gasteiger partial charge in [-0.25, -0.2) is 4.98 Å². The number of aromatic amines is 1. The lowest BCUT2D eigenvalue weighted by molar-refractivity contribution is 0.0726. The van der Waals surface area contributed by atoms with E-state index in [0.29, 0.717) is 11.4 Å². The second-order valence-electron chi connectivity index (χ2n) is 5.95. The van der Waals surface area contributed by atoms with E-state index in [1.54, 1.807) is 17.3 Å². The maximum Gasteiger partial charge on any atom is 0.254 e. The number of carbonyl (C=O) groups excluding carboxylic acids is 1. The highest BCUT2D eigenvalue weighted by atomic mass is 16.2. The van der Waals surface area contributed by atoms with Crippen molar-refractivity contribution in [3.8, 4) is 11.4 Å². The molecule has 0 saturated carbocycles. The van der Waals surface area contributed by atoms with Crippen molar-refractivity contribution in [3.63, 3.8) is 0 Å². The summed E-state index contributed by atoms with van der Waals surface area (Å²) in [6.07, 6.45) is 4.33. The molecule has 3 rings (SSSR count). The fourth-order valence-electron chi connectivity index (χ4n) is 2.93. The number of H-pyrrole nitrogens is 1. The number of aromatic nitrogens is 4. The van der Waals surface area contributed by atoms with Gasteiger partial charge in [-0.3, -0.25) is 14.9 Å². The minimum absolute atomic E-state index is 0.00455. The van der Waals surface area contributed by atoms with Gasteiger partial charge >= 0.3 is 0 Å². The van der Waals surface area contributed by atoms with Crippen LogP contribution in [0, 0.1) is 6.92 Å². The minimum Gasteiger partial charge on any atom is -0.335 e. The van der Waals surface area contributed by atoms with Crippen LogP contribution in [-0.2, 0) is 0 Å². The van der Waals surface area contributed by atoms with E-state index in [0.717, 1.165) is 23.4 Å². The molecule has 6 heteroatoms. The summed E-state index contributed by atoms with van der Waals surface area (Å²) >= 11 is 0. The van der Waals surface area contributed by atoms with E-state index in [4.69, 9.17) is 0 Å². The highest BCUT2D eigenvalue weighted by molar-refractivity contribution is 5.95. The third-order valence-corrected chi connectivity index (χ3v) is 4.23. The predicted molar refractivity (Wildman–Crippen MR) is 95.9 cm³/mol. The van der Waals surface area contributed by atoms with Crippen molar-refractivity contribution in [1.82, 2.24) is 25.1 Å². The smallest absolute Gasteiger partial charge is 0.254 e. The molecule has 1 unspecified atom stereocenters. The average molecular weight is 335 g/mol. The number of nitrogens with one attached hydrogen (secondary N) is 1. The molecule has 6 nitrogen and oxygen atoms in total. The van der Waals surface area contributed by atoms with Gasteiger partial charge in [-0.15, -0.1) is 0 Å². The largest absolute Gasteiger partial charge is 0.335 e. The van der Waals surface area contributed by atoms with Crippen LogP contribution in [0.15, 0.2) is 48.8 Å². The Bertz CT molecular complexity index is 859. The van der Waals surface area contributed by atoms with E-state index in [1.165, 1.54) is 0 Å². The fraction of sp³-hybridized carbons (Fsp3) is 0.263. The molecule has 0 aliphatic heterocycles. The number of amides is 1. The molecular formula is C19H21N5O. The summed E-state index contributed by atoms with van der Waals surface area (Å²) in [5, 5.41) is 6.99. The highest BCUT2D eigenvalue weighted by Gasteiger charge is 2.21. The molecule has 1 aromatic carbocycles.